The Morgan fingerprint density at radius 1 is 1.38 bits per heavy atom. The van der Waals surface area contributed by atoms with Crippen molar-refractivity contribution in [3.05, 3.63) is 23.8 Å². The lowest BCUT2D eigenvalue weighted by atomic mass is 10.1. The highest BCUT2D eigenvalue weighted by Crippen LogP contribution is 2.25. The molecule has 114 valence electrons. The van der Waals surface area contributed by atoms with Gasteiger partial charge in [-0.2, -0.15) is 0 Å². The second-order valence-corrected chi connectivity index (χ2v) is 5.23. The highest BCUT2D eigenvalue weighted by atomic mass is 32.1. The third-order valence-electron chi connectivity index (χ3n) is 2.54. The van der Waals surface area contributed by atoms with Crippen molar-refractivity contribution in [3.63, 3.8) is 0 Å². The fourth-order valence-corrected chi connectivity index (χ4v) is 1.86. The minimum absolute atomic E-state index is 0.0922. The molecule has 7 heteroatoms. The minimum atomic E-state index is -1.06. The summed E-state index contributed by atoms with van der Waals surface area (Å²) in [7, 11) is 1.46. The second kappa shape index (κ2) is 7.58. The number of anilines is 1. The molecule has 0 spiro atoms. The molecule has 1 amide bonds. The predicted octanol–water partition coefficient (Wildman–Crippen LogP) is 2.25. The summed E-state index contributed by atoms with van der Waals surface area (Å²) in [6.07, 6.45) is 0.355. The Labute approximate surface area is 128 Å². The molecule has 0 heterocycles. The maximum atomic E-state index is 11.6. The van der Waals surface area contributed by atoms with Crippen molar-refractivity contribution in [2.45, 2.75) is 20.3 Å². The third-order valence-corrected chi connectivity index (χ3v) is 2.75. The standard InChI is InChI=1S/C14H18N2O4S/c1-8(2)6-12(17)16-14(21)15-10-7-9(13(18)19)4-5-11(10)20-3/h4-5,7-8H,6H2,1-3H3,(H,18,19)(H2,15,16,17,21). The van der Waals surface area contributed by atoms with Gasteiger partial charge in [-0.25, -0.2) is 4.79 Å². The summed E-state index contributed by atoms with van der Waals surface area (Å²) in [5.74, 6) is -0.607. The number of hydrogen-bond acceptors (Lipinski definition) is 4. The fourth-order valence-electron chi connectivity index (χ4n) is 1.64. The molecule has 0 saturated carbocycles. The summed E-state index contributed by atoms with van der Waals surface area (Å²) in [6.45, 7) is 3.85. The number of methoxy groups -OCH3 is 1. The van der Waals surface area contributed by atoms with Gasteiger partial charge in [0.15, 0.2) is 5.11 Å². The van der Waals surface area contributed by atoms with Gasteiger partial charge in [-0.05, 0) is 36.3 Å². The molecule has 21 heavy (non-hydrogen) atoms. The highest BCUT2D eigenvalue weighted by Gasteiger charge is 2.12. The number of carboxylic acid groups (broad SMARTS) is 1. The number of carboxylic acids is 1. The van der Waals surface area contributed by atoms with Crippen molar-refractivity contribution >= 4 is 34.9 Å². The lowest BCUT2D eigenvalue weighted by Gasteiger charge is -2.14. The van der Waals surface area contributed by atoms with Crippen LogP contribution in [0, 0.1) is 5.92 Å². The number of aromatic carboxylic acids is 1. The van der Waals surface area contributed by atoms with Gasteiger partial charge in [0.1, 0.15) is 5.75 Å². The quantitative estimate of drug-likeness (QED) is 0.723. The molecule has 0 atom stereocenters. The Balaban J connectivity index is 2.81. The van der Waals surface area contributed by atoms with Crippen LogP contribution in [-0.4, -0.2) is 29.2 Å². The average Bonchev–Trinajstić information content (AvgIpc) is 2.37. The van der Waals surface area contributed by atoms with Crippen LogP contribution in [0.5, 0.6) is 5.75 Å². The topological polar surface area (TPSA) is 87.7 Å². The van der Waals surface area contributed by atoms with Crippen LogP contribution in [0.15, 0.2) is 18.2 Å². The van der Waals surface area contributed by atoms with Gasteiger partial charge in [-0.1, -0.05) is 13.8 Å². The maximum Gasteiger partial charge on any atom is 0.335 e. The molecular formula is C14H18N2O4S. The first kappa shape index (κ1) is 16.9. The van der Waals surface area contributed by atoms with Crippen molar-refractivity contribution < 1.29 is 19.4 Å². The first-order valence-corrected chi connectivity index (χ1v) is 6.76. The van der Waals surface area contributed by atoms with E-state index in [1.54, 1.807) is 0 Å². The van der Waals surface area contributed by atoms with Crippen LogP contribution >= 0.6 is 12.2 Å². The molecule has 0 aliphatic rings. The van der Waals surface area contributed by atoms with Gasteiger partial charge >= 0.3 is 5.97 Å². The minimum Gasteiger partial charge on any atom is -0.495 e. The number of carbonyl (C=O) groups excluding carboxylic acids is 1. The monoisotopic (exact) mass is 310 g/mol. The summed E-state index contributed by atoms with van der Waals surface area (Å²) in [5.41, 5.74) is 0.474. The van der Waals surface area contributed by atoms with Gasteiger partial charge in [0, 0.05) is 6.42 Å². The van der Waals surface area contributed by atoms with Crippen molar-refractivity contribution in [1.29, 1.82) is 0 Å². The molecule has 1 aromatic carbocycles. The first-order valence-electron chi connectivity index (χ1n) is 6.35. The van der Waals surface area contributed by atoms with Gasteiger partial charge in [0.2, 0.25) is 5.91 Å². The molecular weight excluding hydrogens is 292 g/mol. The Hall–Kier alpha value is -2.15. The van der Waals surface area contributed by atoms with E-state index in [-0.39, 0.29) is 22.5 Å². The van der Waals surface area contributed by atoms with E-state index in [0.717, 1.165) is 0 Å². The van der Waals surface area contributed by atoms with E-state index in [4.69, 9.17) is 22.1 Å². The zero-order valence-corrected chi connectivity index (χ0v) is 12.9. The number of thiocarbonyl (C=S) groups is 1. The van der Waals surface area contributed by atoms with E-state index in [0.29, 0.717) is 17.9 Å². The summed E-state index contributed by atoms with van der Waals surface area (Å²) < 4.78 is 5.12. The molecule has 0 aromatic heterocycles. The van der Waals surface area contributed by atoms with E-state index in [2.05, 4.69) is 10.6 Å². The van der Waals surface area contributed by atoms with Gasteiger partial charge in [0.05, 0.1) is 18.4 Å². The molecule has 3 N–H and O–H groups in total. The number of carbonyl (C=O) groups is 2. The molecule has 0 aliphatic carbocycles. The third kappa shape index (κ3) is 5.39. The van der Waals surface area contributed by atoms with Crippen LogP contribution in [0.4, 0.5) is 5.69 Å². The van der Waals surface area contributed by atoms with Crippen LogP contribution in [0.2, 0.25) is 0 Å². The Kier molecular flexibility index (Phi) is 6.10. The molecule has 0 bridgehead atoms. The molecule has 6 nitrogen and oxygen atoms in total. The molecule has 0 aliphatic heterocycles. The summed E-state index contributed by atoms with van der Waals surface area (Å²) in [4.78, 5) is 22.6. The molecule has 0 saturated heterocycles. The normalized spacial score (nSPS) is 10.1. The number of benzene rings is 1. The van der Waals surface area contributed by atoms with Crippen molar-refractivity contribution in [2.24, 2.45) is 5.92 Å². The van der Waals surface area contributed by atoms with Crippen LogP contribution in [0.3, 0.4) is 0 Å². The molecule has 0 fully saturated rings. The first-order chi connectivity index (χ1) is 9.83. The Morgan fingerprint density at radius 3 is 2.57 bits per heavy atom. The molecule has 0 radical (unpaired) electrons. The highest BCUT2D eigenvalue weighted by molar-refractivity contribution is 7.80. The summed E-state index contributed by atoms with van der Waals surface area (Å²) >= 11 is 5.04. The Bertz CT molecular complexity index is 558. The summed E-state index contributed by atoms with van der Waals surface area (Å²) in [6, 6.07) is 4.33. The smallest absolute Gasteiger partial charge is 0.335 e. The average molecular weight is 310 g/mol. The number of hydrogen-bond donors (Lipinski definition) is 3. The Morgan fingerprint density at radius 2 is 2.05 bits per heavy atom. The van der Waals surface area contributed by atoms with Crippen molar-refractivity contribution in [1.82, 2.24) is 5.32 Å². The lowest BCUT2D eigenvalue weighted by Crippen LogP contribution is -2.34. The zero-order valence-electron chi connectivity index (χ0n) is 12.1. The van der Waals surface area contributed by atoms with E-state index < -0.39 is 5.97 Å². The zero-order chi connectivity index (χ0) is 16.0. The van der Waals surface area contributed by atoms with E-state index in [1.807, 2.05) is 13.8 Å². The van der Waals surface area contributed by atoms with E-state index in [1.165, 1.54) is 25.3 Å². The maximum absolute atomic E-state index is 11.6. The van der Waals surface area contributed by atoms with Gasteiger partial charge in [0.25, 0.3) is 0 Å². The predicted molar refractivity (Wildman–Crippen MR) is 83.8 cm³/mol. The van der Waals surface area contributed by atoms with E-state index in [9.17, 15) is 9.59 Å². The molecule has 1 aromatic rings. The SMILES string of the molecule is COc1ccc(C(=O)O)cc1NC(=S)NC(=O)CC(C)C. The lowest BCUT2D eigenvalue weighted by molar-refractivity contribution is -0.120. The van der Waals surface area contributed by atoms with Crippen molar-refractivity contribution in [3.8, 4) is 5.75 Å². The van der Waals surface area contributed by atoms with Crippen LogP contribution in [0.1, 0.15) is 30.6 Å². The fraction of sp³-hybridized carbons (Fsp3) is 0.357. The summed E-state index contributed by atoms with van der Waals surface area (Å²) in [5, 5.41) is 14.4. The largest absolute Gasteiger partial charge is 0.495 e. The number of ether oxygens (including phenoxy) is 1. The van der Waals surface area contributed by atoms with Gasteiger partial charge in [-0.15, -0.1) is 0 Å². The van der Waals surface area contributed by atoms with E-state index >= 15 is 0 Å². The molecule has 0 unspecified atom stereocenters. The second-order valence-electron chi connectivity index (χ2n) is 4.82. The van der Waals surface area contributed by atoms with Gasteiger partial charge in [-0.3, -0.25) is 4.79 Å². The number of nitrogens with one attached hydrogen (secondary N) is 2. The van der Waals surface area contributed by atoms with Crippen LogP contribution < -0.4 is 15.4 Å². The number of rotatable bonds is 5. The van der Waals surface area contributed by atoms with Crippen LogP contribution in [0.25, 0.3) is 0 Å². The van der Waals surface area contributed by atoms with Gasteiger partial charge < -0.3 is 20.5 Å². The van der Waals surface area contributed by atoms with Crippen molar-refractivity contribution in [2.75, 3.05) is 12.4 Å². The number of amides is 1. The molecule has 1 rings (SSSR count). The van der Waals surface area contributed by atoms with Crippen LogP contribution in [-0.2, 0) is 4.79 Å².